The summed E-state index contributed by atoms with van der Waals surface area (Å²) in [7, 11) is 0. The van der Waals surface area contributed by atoms with E-state index in [2.05, 4.69) is 27.1 Å². The molecule has 1 saturated carbocycles. The Kier molecular flexibility index (Phi) is 5.97. The van der Waals surface area contributed by atoms with Crippen LogP contribution in [0.3, 0.4) is 0 Å². The summed E-state index contributed by atoms with van der Waals surface area (Å²) < 4.78 is 38.4. The van der Waals surface area contributed by atoms with E-state index in [9.17, 15) is 23.2 Å². The lowest BCUT2D eigenvalue weighted by Gasteiger charge is -2.39. The number of nitriles is 1. The van der Waals surface area contributed by atoms with Crippen LogP contribution in [0.15, 0.2) is 18.2 Å². The minimum absolute atomic E-state index is 0.00639. The normalized spacial score (nSPS) is 32.7. The number of fused-ring (bicyclic) bond motifs is 2. The monoisotopic (exact) mass is 462 g/mol. The van der Waals surface area contributed by atoms with Crippen LogP contribution in [0.1, 0.15) is 43.2 Å². The van der Waals surface area contributed by atoms with E-state index in [0.717, 1.165) is 48.9 Å². The molecule has 2 saturated heterocycles. The van der Waals surface area contributed by atoms with Crippen LogP contribution < -0.4 is 16.1 Å². The predicted octanol–water partition coefficient (Wildman–Crippen LogP) is 2.71. The molecule has 4 aliphatic rings. The summed E-state index contributed by atoms with van der Waals surface area (Å²) in [4.78, 5) is 14.2. The molecule has 1 aliphatic carbocycles. The Balaban J connectivity index is 1.33. The first-order valence-corrected chi connectivity index (χ1v) is 11.7. The van der Waals surface area contributed by atoms with Crippen LogP contribution in [0.25, 0.3) is 0 Å². The van der Waals surface area contributed by atoms with E-state index < -0.39 is 12.7 Å². The fourth-order valence-corrected chi connectivity index (χ4v) is 6.00. The topological polar surface area (TPSA) is 83.4 Å². The highest BCUT2D eigenvalue weighted by molar-refractivity contribution is 5.82. The number of halogens is 3. The number of hydrazine groups is 1. The number of nitrogens with one attached hydrogen (secondary N) is 3. The average Bonchev–Trinajstić information content (AvgIpc) is 3.33. The zero-order chi connectivity index (χ0) is 23.2. The molecule has 0 spiro atoms. The number of amides is 1. The fraction of sp³-hybridized carbons (Fsp3) is 0.652. The summed E-state index contributed by atoms with van der Waals surface area (Å²) >= 11 is 0. The molecule has 1 aromatic rings. The molecule has 3 N–H and O–H groups in total. The minimum Gasteiger partial charge on any atom is -0.368 e. The number of nitrogens with zero attached hydrogens (tertiary/aromatic N) is 3. The van der Waals surface area contributed by atoms with Gasteiger partial charge in [0.05, 0.1) is 24.4 Å². The molecule has 1 aromatic carbocycles. The Hall–Kier alpha value is -2.35. The van der Waals surface area contributed by atoms with Gasteiger partial charge in [-0.3, -0.25) is 9.69 Å². The summed E-state index contributed by atoms with van der Waals surface area (Å²) in [5.41, 5.74) is 6.06. The van der Waals surface area contributed by atoms with Crippen molar-refractivity contribution < 1.29 is 18.0 Å². The lowest BCUT2D eigenvalue weighted by atomic mass is 9.83. The van der Waals surface area contributed by atoms with Crippen LogP contribution >= 0.6 is 0 Å². The smallest absolute Gasteiger partial charge is 0.368 e. The molecule has 0 radical (unpaired) electrons. The summed E-state index contributed by atoms with van der Waals surface area (Å²) in [5, 5.41) is 18.2. The van der Waals surface area contributed by atoms with Gasteiger partial charge in [-0.1, -0.05) is 18.9 Å². The quantitative estimate of drug-likeness (QED) is 0.638. The maximum atomic E-state index is 12.8. The molecular formula is C23H29F3N6O. The van der Waals surface area contributed by atoms with Crippen LogP contribution in [-0.4, -0.2) is 53.3 Å². The molecular weight excluding hydrogens is 433 g/mol. The maximum absolute atomic E-state index is 12.8. The highest BCUT2D eigenvalue weighted by Gasteiger charge is 2.51. The van der Waals surface area contributed by atoms with Gasteiger partial charge in [0.2, 0.25) is 5.91 Å². The van der Waals surface area contributed by atoms with Crippen molar-refractivity contribution in [2.45, 2.75) is 69.6 Å². The lowest BCUT2D eigenvalue weighted by molar-refractivity contribution is -0.147. The number of hydrogen-bond acceptors (Lipinski definition) is 6. The second-order valence-electron chi connectivity index (χ2n) is 9.66. The number of carbonyl (C=O) groups is 1. The molecule has 0 aromatic heterocycles. The van der Waals surface area contributed by atoms with Gasteiger partial charge in [0.25, 0.3) is 0 Å². The highest BCUT2D eigenvalue weighted by atomic mass is 19.4. The number of alkyl halides is 3. The van der Waals surface area contributed by atoms with E-state index in [-0.39, 0.29) is 49.1 Å². The standard InChI is InChI=1S/C23H29F3N6O/c24-23(25,26)13-31-11-15-5-6-17(9-16(15)12-31)29-21-20-19(7-8-28-22(20)33)32(30-21)18-4-2-1-3-14(18)10-27/h5-6,9,14,18-21,29-30H,1-4,7-8,11-13H2,(H,28,33)/t14-,18+,19?,20?,21?/m1/s1. The van der Waals surface area contributed by atoms with E-state index in [1.54, 1.807) is 0 Å². The Labute approximate surface area is 191 Å². The SMILES string of the molecule is N#C[C@H]1CCCC[C@@H]1N1NC(Nc2ccc3c(c2)CN(CC(F)(F)F)C3)C2C(=O)NCCC21. The minimum atomic E-state index is -4.22. The van der Waals surface area contributed by atoms with Crippen LogP contribution in [0, 0.1) is 23.2 Å². The van der Waals surface area contributed by atoms with E-state index in [1.165, 1.54) is 4.90 Å². The summed E-state index contributed by atoms with van der Waals surface area (Å²) in [6.45, 7) is 0.236. The van der Waals surface area contributed by atoms with Gasteiger partial charge in [-0.15, -0.1) is 0 Å². The molecule has 33 heavy (non-hydrogen) atoms. The summed E-state index contributed by atoms with van der Waals surface area (Å²) in [6.07, 6.45) is 0.178. The van der Waals surface area contributed by atoms with Crippen LogP contribution in [0.5, 0.6) is 0 Å². The third kappa shape index (κ3) is 4.54. The fourth-order valence-electron chi connectivity index (χ4n) is 6.00. The molecule has 3 aliphatic heterocycles. The van der Waals surface area contributed by atoms with E-state index in [0.29, 0.717) is 6.54 Å². The van der Waals surface area contributed by atoms with Crippen molar-refractivity contribution in [2.75, 3.05) is 18.4 Å². The van der Waals surface area contributed by atoms with Crippen molar-refractivity contribution in [3.8, 4) is 6.07 Å². The van der Waals surface area contributed by atoms with Gasteiger partial charge in [-0.2, -0.15) is 18.4 Å². The molecule has 7 nitrogen and oxygen atoms in total. The molecule has 5 atom stereocenters. The van der Waals surface area contributed by atoms with Gasteiger partial charge in [0.1, 0.15) is 6.17 Å². The molecule has 178 valence electrons. The average molecular weight is 463 g/mol. The molecule has 10 heteroatoms. The van der Waals surface area contributed by atoms with Gasteiger partial charge in [-0.05, 0) is 42.5 Å². The lowest BCUT2D eigenvalue weighted by Crippen LogP contribution is -2.54. The molecule has 0 bridgehead atoms. The second kappa shape index (κ2) is 8.78. The molecule has 3 unspecified atom stereocenters. The maximum Gasteiger partial charge on any atom is 0.401 e. The molecule has 3 heterocycles. The van der Waals surface area contributed by atoms with Crippen LogP contribution in [0.2, 0.25) is 0 Å². The molecule has 5 rings (SSSR count). The van der Waals surface area contributed by atoms with E-state index in [1.807, 2.05) is 18.2 Å². The number of piperidine rings is 1. The highest BCUT2D eigenvalue weighted by Crippen LogP contribution is 2.37. The molecule has 1 amide bonds. The number of anilines is 1. The van der Waals surface area contributed by atoms with E-state index >= 15 is 0 Å². The summed E-state index contributed by atoms with van der Waals surface area (Å²) in [6, 6.07) is 8.17. The first kappa shape index (κ1) is 22.4. The van der Waals surface area contributed by atoms with Gasteiger partial charge >= 0.3 is 6.18 Å². The Morgan fingerprint density at radius 2 is 1.91 bits per heavy atom. The zero-order valence-electron chi connectivity index (χ0n) is 18.4. The summed E-state index contributed by atoms with van der Waals surface area (Å²) in [5.74, 6) is -0.383. The van der Waals surface area contributed by atoms with Crippen molar-refractivity contribution in [1.82, 2.24) is 20.7 Å². The Bertz CT molecular complexity index is 947. The van der Waals surface area contributed by atoms with Crippen molar-refractivity contribution in [3.63, 3.8) is 0 Å². The number of benzene rings is 1. The number of rotatable bonds is 4. The Morgan fingerprint density at radius 3 is 2.70 bits per heavy atom. The van der Waals surface area contributed by atoms with Gasteiger partial charge < -0.3 is 10.6 Å². The molecule has 3 fully saturated rings. The Morgan fingerprint density at radius 1 is 1.12 bits per heavy atom. The van der Waals surface area contributed by atoms with Gasteiger partial charge in [0.15, 0.2) is 0 Å². The third-order valence-corrected chi connectivity index (χ3v) is 7.43. The largest absolute Gasteiger partial charge is 0.401 e. The van der Waals surface area contributed by atoms with Gasteiger partial charge in [-0.25, -0.2) is 10.4 Å². The zero-order valence-corrected chi connectivity index (χ0v) is 18.4. The first-order valence-electron chi connectivity index (χ1n) is 11.7. The van der Waals surface area contributed by atoms with Crippen molar-refractivity contribution in [3.05, 3.63) is 29.3 Å². The van der Waals surface area contributed by atoms with Crippen molar-refractivity contribution >= 4 is 11.6 Å². The second-order valence-corrected chi connectivity index (χ2v) is 9.66. The number of hydrogen-bond donors (Lipinski definition) is 3. The van der Waals surface area contributed by atoms with Crippen molar-refractivity contribution in [1.29, 1.82) is 5.26 Å². The van der Waals surface area contributed by atoms with Crippen LogP contribution in [-0.2, 0) is 17.9 Å². The third-order valence-electron chi connectivity index (χ3n) is 7.43. The first-order chi connectivity index (χ1) is 15.8. The predicted molar refractivity (Wildman–Crippen MR) is 115 cm³/mol. The van der Waals surface area contributed by atoms with Gasteiger partial charge in [0, 0.05) is 37.4 Å². The van der Waals surface area contributed by atoms with Crippen molar-refractivity contribution in [2.24, 2.45) is 11.8 Å². The van der Waals surface area contributed by atoms with E-state index in [4.69, 9.17) is 0 Å². The number of carbonyl (C=O) groups excluding carboxylic acids is 1. The van der Waals surface area contributed by atoms with Crippen LogP contribution in [0.4, 0.5) is 18.9 Å².